The van der Waals surface area contributed by atoms with Crippen LogP contribution in [0.2, 0.25) is 0 Å². The van der Waals surface area contributed by atoms with Gasteiger partial charge in [-0.15, -0.1) is 11.3 Å². The minimum atomic E-state index is 0.658. The van der Waals surface area contributed by atoms with Gasteiger partial charge < -0.3 is 10.6 Å². The van der Waals surface area contributed by atoms with Gasteiger partial charge >= 0.3 is 0 Å². The average molecular weight is 247 g/mol. The number of nitrogens with two attached hydrogens (primary N) is 1. The smallest absolute Gasteiger partial charge is 0.180 e. The summed E-state index contributed by atoms with van der Waals surface area (Å²) >= 11 is 1.51. The van der Waals surface area contributed by atoms with E-state index in [0.29, 0.717) is 5.13 Å². The molecule has 0 unspecified atom stereocenters. The number of anilines is 1. The number of nitrogen functional groups attached to an aromatic ring is 1. The van der Waals surface area contributed by atoms with Crippen molar-refractivity contribution in [1.29, 1.82) is 0 Å². The van der Waals surface area contributed by atoms with E-state index in [9.17, 15) is 0 Å². The fourth-order valence-corrected chi connectivity index (χ4v) is 2.31. The Morgan fingerprint density at radius 2 is 2.06 bits per heavy atom. The Bertz CT molecular complexity index is 453. The first kappa shape index (κ1) is 12.1. The predicted octanol–water partition coefficient (Wildman–Crippen LogP) is 2.40. The van der Waals surface area contributed by atoms with Crippen molar-refractivity contribution in [3.05, 3.63) is 47.0 Å². The Balaban J connectivity index is 1.80. The second-order valence-corrected chi connectivity index (χ2v) is 5.04. The van der Waals surface area contributed by atoms with Gasteiger partial charge in [0.05, 0.1) is 5.69 Å². The highest BCUT2D eigenvalue weighted by molar-refractivity contribution is 7.13. The van der Waals surface area contributed by atoms with Gasteiger partial charge in [0.15, 0.2) is 5.13 Å². The van der Waals surface area contributed by atoms with Gasteiger partial charge in [0.1, 0.15) is 0 Å². The van der Waals surface area contributed by atoms with Crippen LogP contribution in [-0.2, 0) is 13.0 Å². The quantitative estimate of drug-likeness (QED) is 0.882. The van der Waals surface area contributed by atoms with Crippen LogP contribution in [0.25, 0.3) is 0 Å². The molecule has 2 rings (SSSR count). The highest BCUT2D eigenvalue weighted by atomic mass is 32.1. The number of thiazole rings is 1. The summed E-state index contributed by atoms with van der Waals surface area (Å²) in [7, 11) is 2.13. The van der Waals surface area contributed by atoms with Gasteiger partial charge in [0, 0.05) is 24.9 Å². The van der Waals surface area contributed by atoms with Gasteiger partial charge in [-0.1, -0.05) is 30.3 Å². The van der Waals surface area contributed by atoms with Crippen molar-refractivity contribution in [2.75, 3.05) is 19.3 Å². The van der Waals surface area contributed by atoms with E-state index in [1.165, 1.54) is 16.9 Å². The van der Waals surface area contributed by atoms with Crippen molar-refractivity contribution in [2.45, 2.75) is 13.0 Å². The number of likely N-dealkylation sites (N-methyl/N-ethyl adjacent to an activating group) is 1. The van der Waals surface area contributed by atoms with Crippen LogP contribution in [0.5, 0.6) is 0 Å². The van der Waals surface area contributed by atoms with Crippen molar-refractivity contribution in [1.82, 2.24) is 9.88 Å². The lowest BCUT2D eigenvalue weighted by atomic mass is 10.2. The third-order valence-corrected chi connectivity index (χ3v) is 3.34. The SMILES string of the molecule is CN(CCc1csc(N)n1)Cc1ccccc1. The molecule has 1 aromatic carbocycles. The Morgan fingerprint density at radius 3 is 2.71 bits per heavy atom. The largest absolute Gasteiger partial charge is 0.375 e. The molecule has 1 aromatic heterocycles. The lowest BCUT2D eigenvalue weighted by molar-refractivity contribution is 0.330. The zero-order chi connectivity index (χ0) is 12.1. The van der Waals surface area contributed by atoms with E-state index in [1.807, 2.05) is 11.4 Å². The van der Waals surface area contributed by atoms with E-state index < -0.39 is 0 Å². The molecule has 2 aromatic rings. The molecule has 0 radical (unpaired) electrons. The molecule has 0 saturated carbocycles. The van der Waals surface area contributed by atoms with Crippen molar-refractivity contribution >= 4 is 16.5 Å². The number of benzene rings is 1. The first-order valence-corrected chi connectivity index (χ1v) is 6.54. The summed E-state index contributed by atoms with van der Waals surface area (Å²) in [6.45, 7) is 1.97. The van der Waals surface area contributed by atoms with Gasteiger partial charge in [0.25, 0.3) is 0 Å². The second-order valence-electron chi connectivity index (χ2n) is 4.15. The number of hydrogen-bond acceptors (Lipinski definition) is 4. The summed E-state index contributed by atoms with van der Waals surface area (Å²) in [6, 6.07) is 10.5. The molecule has 0 atom stereocenters. The first-order chi connectivity index (χ1) is 8.24. The number of aromatic nitrogens is 1. The normalized spacial score (nSPS) is 10.9. The summed E-state index contributed by atoms with van der Waals surface area (Å²) in [5.41, 5.74) is 8.03. The molecule has 0 spiro atoms. The third kappa shape index (κ3) is 3.84. The predicted molar refractivity (Wildman–Crippen MR) is 73.0 cm³/mol. The summed E-state index contributed by atoms with van der Waals surface area (Å²) in [5, 5.41) is 2.69. The standard InChI is InChI=1S/C13H17N3S/c1-16(9-11-5-3-2-4-6-11)8-7-12-10-17-13(14)15-12/h2-6,10H,7-9H2,1H3,(H2,14,15). The van der Waals surface area contributed by atoms with Crippen LogP contribution in [0.15, 0.2) is 35.7 Å². The van der Waals surface area contributed by atoms with Crippen LogP contribution < -0.4 is 5.73 Å². The monoisotopic (exact) mass is 247 g/mol. The maximum Gasteiger partial charge on any atom is 0.180 e. The molecule has 0 bridgehead atoms. The van der Waals surface area contributed by atoms with Crippen molar-refractivity contribution in [2.24, 2.45) is 0 Å². The van der Waals surface area contributed by atoms with E-state index in [1.54, 1.807) is 0 Å². The van der Waals surface area contributed by atoms with Crippen LogP contribution in [0.4, 0.5) is 5.13 Å². The minimum absolute atomic E-state index is 0.658. The second kappa shape index (κ2) is 5.80. The van der Waals surface area contributed by atoms with Crippen LogP contribution >= 0.6 is 11.3 Å². The molecule has 2 N–H and O–H groups in total. The molecule has 0 amide bonds. The molecule has 0 aliphatic rings. The maximum atomic E-state index is 5.60. The Labute approximate surface area is 106 Å². The molecular weight excluding hydrogens is 230 g/mol. The average Bonchev–Trinajstić information content (AvgIpc) is 2.74. The zero-order valence-electron chi connectivity index (χ0n) is 9.97. The molecule has 0 fully saturated rings. The van der Waals surface area contributed by atoms with Gasteiger partial charge in [-0.3, -0.25) is 0 Å². The molecule has 1 heterocycles. The van der Waals surface area contributed by atoms with E-state index in [2.05, 4.69) is 41.2 Å². The van der Waals surface area contributed by atoms with Crippen molar-refractivity contribution in [3.63, 3.8) is 0 Å². The summed E-state index contributed by atoms with van der Waals surface area (Å²) in [5.74, 6) is 0. The Hall–Kier alpha value is -1.39. The fourth-order valence-electron chi connectivity index (χ4n) is 1.72. The molecule has 17 heavy (non-hydrogen) atoms. The van der Waals surface area contributed by atoms with E-state index in [-0.39, 0.29) is 0 Å². The lowest BCUT2D eigenvalue weighted by Gasteiger charge is -2.15. The number of hydrogen-bond donors (Lipinski definition) is 1. The molecular formula is C13H17N3S. The molecule has 4 heteroatoms. The zero-order valence-corrected chi connectivity index (χ0v) is 10.8. The minimum Gasteiger partial charge on any atom is -0.375 e. The summed E-state index contributed by atoms with van der Waals surface area (Å²) in [4.78, 5) is 6.56. The number of nitrogens with zero attached hydrogens (tertiary/aromatic N) is 2. The maximum absolute atomic E-state index is 5.60. The topological polar surface area (TPSA) is 42.1 Å². The van der Waals surface area contributed by atoms with Gasteiger partial charge in [-0.2, -0.15) is 0 Å². The van der Waals surface area contributed by atoms with Gasteiger partial charge in [-0.05, 0) is 12.6 Å². The molecule has 3 nitrogen and oxygen atoms in total. The van der Waals surface area contributed by atoms with Crippen LogP contribution in [0, 0.1) is 0 Å². The number of rotatable bonds is 5. The summed E-state index contributed by atoms with van der Waals surface area (Å²) < 4.78 is 0. The molecule has 0 saturated heterocycles. The third-order valence-electron chi connectivity index (χ3n) is 2.61. The van der Waals surface area contributed by atoms with Crippen LogP contribution in [-0.4, -0.2) is 23.5 Å². The van der Waals surface area contributed by atoms with E-state index in [0.717, 1.165) is 25.2 Å². The lowest BCUT2D eigenvalue weighted by Crippen LogP contribution is -2.20. The fraction of sp³-hybridized carbons (Fsp3) is 0.308. The highest BCUT2D eigenvalue weighted by Gasteiger charge is 2.03. The van der Waals surface area contributed by atoms with E-state index in [4.69, 9.17) is 5.73 Å². The molecule has 90 valence electrons. The molecule has 0 aliphatic carbocycles. The Morgan fingerprint density at radius 1 is 1.29 bits per heavy atom. The Kier molecular flexibility index (Phi) is 4.12. The van der Waals surface area contributed by atoms with E-state index >= 15 is 0 Å². The first-order valence-electron chi connectivity index (χ1n) is 5.66. The van der Waals surface area contributed by atoms with Crippen LogP contribution in [0.1, 0.15) is 11.3 Å². The summed E-state index contributed by atoms with van der Waals surface area (Å²) in [6.07, 6.45) is 0.955. The van der Waals surface area contributed by atoms with Crippen molar-refractivity contribution in [3.8, 4) is 0 Å². The van der Waals surface area contributed by atoms with Gasteiger partial charge in [-0.25, -0.2) is 4.98 Å². The van der Waals surface area contributed by atoms with Gasteiger partial charge in [0.2, 0.25) is 0 Å². The van der Waals surface area contributed by atoms with Crippen molar-refractivity contribution < 1.29 is 0 Å². The molecule has 0 aliphatic heterocycles. The highest BCUT2D eigenvalue weighted by Crippen LogP contribution is 2.12. The van der Waals surface area contributed by atoms with Crippen LogP contribution in [0.3, 0.4) is 0 Å².